The van der Waals surface area contributed by atoms with Crippen LogP contribution in [0.3, 0.4) is 0 Å². The van der Waals surface area contributed by atoms with Gasteiger partial charge in [-0.05, 0) is 61.7 Å². The van der Waals surface area contributed by atoms with Crippen molar-refractivity contribution < 1.29 is 31.4 Å². The van der Waals surface area contributed by atoms with Gasteiger partial charge in [0.2, 0.25) is 0 Å². The fourth-order valence-electron chi connectivity index (χ4n) is 4.98. The lowest BCUT2D eigenvalue weighted by Gasteiger charge is -2.38. The summed E-state index contributed by atoms with van der Waals surface area (Å²) in [7, 11) is 0. The molecule has 2 aromatic rings. The molecular weight excluding hydrogens is 534 g/mol. The standard InChI is InChI=1S/C26H31ClF6N4O/c27-23-6-3-20(17-22(23)26(31,32)33)34-19-7-11-37(12-8-19)24(38)9-10-35-13-15-36(16-14-35)21-4-1-18(2-5-21)25(28,29)30/h1-6,17,19,24,34,38H,7-16H2. The summed E-state index contributed by atoms with van der Waals surface area (Å²) in [5.74, 6) is 0. The molecule has 0 amide bonds. The minimum atomic E-state index is -4.52. The number of benzene rings is 2. The van der Waals surface area contributed by atoms with Crippen LogP contribution in [0.25, 0.3) is 0 Å². The Labute approximate surface area is 223 Å². The number of aliphatic hydroxyl groups is 1. The number of aliphatic hydroxyl groups excluding tert-OH is 1. The van der Waals surface area contributed by atoms with Crippen LogP contribution in [0.2, 0.25) is 5.02 Å². The van der Waals surface area contributed by atoms with Gasteiger partial charge in [0.05, 0.1) is 16.1 Å². The minimum absolute atomic E-state index is 0.000940. The van der Waals surface area contributed by atoms with Crippen molar-refractivity contribution in [2.75, 3.05) is 56.0 Å². The maximum Gasteiger partial charge on any atom is 0.417 e. The molecule has 4 rings (SSSR count). The molecule has 2 fully saturated rings. The summed E-state index contributed by atoms with van der Waals surface area (Å²) in [6, 6.07) is 9.02. The second-order valence-electron chi connectivity index (χ2n) is 9.79. The summed E-state index contributed by atoms with van der Waals surface area (Å²) in [6.07, 6.45) is -7.54. The van der Waals surface area contributed by atoms with Crippen LogP contribution in [0.1, 0.15) is 30.4 Å². The van der Waals surface area contributed by atoms with E-state index < -0.39 is 29.7 Å². The number of anilines is 2. The van der Waals surface area contributed by atoms with Crippen LogP contribution in [-0.2, 0) is 12.4 Å². The first-order chi connectivity index (χ1) is 17.9. The largest absolute Gasteiger partial charge is 0.417 e. The molecule has 0 spiro atoms. The number of nitrogens with one attached hydrogen (secondary N) is 1. The fraction of sp³-hybridized carbons (Fsp3) is 0.538. The molecule has 0 radical (unpaired) electrons. The zero-order valence-corrected chi connectivity index (χ0v) is 21.5. The predicted octanol–water partition coefficient (Wildman–Crippen LogP) is 5.78. The molecule has 0 aromatic heterocycles. The van der Waals surface area contributed by atoms with Gasteiger partial charge in [0.1, 0.15) is 6.23 Å². The van der Waals surface area contributed by atoms with Crippen LogP contribution in [0, 0.1) is 0 Å². The monoisotopic (exact) mass is 564 g/mol. The summed E-state index contributed by atoms with van der Waals surface area (Å²) in [6.45, 7) is 4.84. The summed E-state index contributed by atoms with van der Waals surface area (Å²) >= 11 is 5.70. The molecule has 2 aromatic carbocycles. The zero-order chi connectivity index (χ0) is 27.5. The van der Waals surface area contributed by atoms with E-state index in [2.05, 4.69) is 15.1 Å². The highest BCUT2D eigenvalue weighted by molar-refractivity contribution is 6.31. The lowest BCUT2D eigenvalue weighted by molar-refractivity contribution is -0.138. The van der Waals surface area contributed by atoms with E-state index in [1.807, 2.05) is 4.90 Å². The highest BCUT2D eigenvalue weighted by Gasteiger charge is 2.34. The van der Waals surface area contributed by atoms with Crippen LogP contribution in [0.4, 0.5) is 37.7 Å². The van der Waals surface area contributed by atoms with Gasteiger partial charge in [0.25, 0.3) is 0 Å². The van der Waals surface area contributed by atoms with Gasteiger partial charge in [-0.3, -0.25) is 9.80 Å². The third-order valence-corrected chi connectivity index (χ3v) is 7.56. The Balaban J connectivity index is 1.17. The second kappa shape index (κ2) is 11.9. The highest BCUT2D eigenvalue weighted by atomic mass is 35.5. The molecule has 2 aliphatic heterocycles. The zero-order valence-electron chi connectivity index (χ0n) is 20.7. The average molecular weight is 565 g/mol. The molecule has 0 saturated carbocycles. The van der Waals surface area contributed by atoms with E-state index in [0.717, 1.165) is 37.0 Å². The maximum absolute atomic E-state index is 13.1. The van der Waals surface area contributed by atoms with Gasteiger partial charge in [0, 0.05) is 63.2 Å². The van der Waals surface area contributed by atoms with Crippen molar-refractivity contribution >= 4 is 23.0 Å². The first-order valence-electron chi connectivity index (χ1n) is 12.6. The van der Waals surface area contributed by atoms with E-state index in [1.165, 1.54) is 24.3 Å². The molecule has 5 nitrogen and oxygen atoms in total. The van der Waals surface area contributed by atoms with E-state index in [9.17, 15) is 31.4 Å². The van der Waals surface area contributed by atoms with Gasteiger partial charge >= 0.3 is 12.4 Å². The van der Waals surface area contributed by atoms with Crippen LogP contribution < -0.4 is 10.2 Å². The van der Waals surface area contributed by atoms with Crippen LogP contribution in [0.15, 0.2) is 42.5 Å². The summed E-state index contributed by atoms with van der Waals surface area (Å²) in [5.41, 5.74) is -0.384. The Morgan fingerprint density at radius 2 is 1.50 bits per heavy atom. The van der Waals surface area contributed by atoms with Gasteiger partial charge in [-0.25, -0.2) is 0 Å². The van der Waals surface area contributed by atoms with Crippen LogP contribution in [-0.4, -0.2) is 73.0 Å². The van der Waals surface area contributed by atoms with E-state index >= 15 is 0 Å². The van der Waals surface area contributed by atoms with E-state index in [4.69, 9.17) is 11.6 Å². The Morgan fingerprint density at radius 3 is 2.08 bits per heavy atom. The number of piperidine rings is 1. The smallest absolute Gasteiger partial charge is 0.382 e. The number of nitrogens with zero attached hydrogens (tertiary/aromatic N) is 3. The Bertz CT molecular complexity index is 1050. The quantitative estimate of drug-likeness (QED) is 0.417. The summed E-state index contributed by atoms with van der Waals surface area (Å²) in [5, 5.41) is 13.5. The number of piperazine rings is 1. The van der Waals surface area contributed by atoms with Gasteiger partial charge in [0.15, 0.2) is 0 Å². The summed E-state index contributed by atoms with van der Waals surface area (Å²) in [4.78, 5) is 6.28. The van der Waals surface area contributed by atoms with Crippen molar-refractivity contribution in [1.82, 2.24) is 9.80 Å². The molecule has 1 unspecified atom stereocenters. The number of alkyl halides is 6. The van der Waals surface area contributed by atoms with Crippen molar-refractivity contribution in [3.63, 3.8) is 0 Å². The molecule has 0 bridgehead atoms. The van der Waals surface area contributed by atoms with Crippen LogP contribution in [0.5, 0.6) is 0 Å². The highest BCUT2D eigenvalue weighted by Crippen LogP contribution is 2.36. The maximum atomic E-state index is 13.1. The van der Waals surface area contributed by atoms with Gasteiger partial charge in [-0.2, -0.15) is 26.3 Å². The fourth-order valence-corrected chi connectivity index (χ4v) is 5.21. The molecule has 210 valence electrons. The molecule has 1 atom stereocenters. The molecule has 2 heterocycles. The Kier molecular flexibility index (Phi) is 9.01. The Hall–Kier alpha value is -2.21. The van der Waals surface area contributed by atoms with Crippen molar-refractivity contribution in [1.29, 1.82) is 0 Å². The topological polar surface area (TPSA) is 42.0 Å². The number of rotatable bonds is 7. The predicted molar refractivity (Wildman–Crippen MR) is 135 cm³/mol. The van der Waals surface area contributed by atoms with E-state index in [1.54, 1.807) is 0 Å². The minimum Gasteiger partial charge on any atom is -0.382 e. The third-order valence-electron chi connectivity index (χ3n) is 7.23. The molecule has 38 heavy (non-hydrogen) atoms. The van der Waals surface area contributed by atoms with Crippen molar-refractivity contribution in [2.24, 2.45) is 0 Å². The van der Waals surface area contributed by atoms with Crippen LogP contribution >= 0.6 is 11.6 Å². The molecule has 2 N–H and O–H groups in total. The molecule has 2 saturated heterocycles. The third kappa shape index (κ3) is 7.46. The average Bonchev–Trinajstić information content (AvgIpc) is 2.88. The lowest BCUT2D eigenvalue weighted by atomic mass is 10.0. The number of halogens is 7. The second-order valence-corrected chi connectivity index (χ2v) is 10.2. The van der Waals surface area contributed by atoms with Gasteiger partial charge in [-0.15, -0.1) is 0 Å². The van der Waals surface area contributed by atoms with E-state index in [-0.39, 0.29) is 11.1 Å². The summed E-state index contributed by atoms with van der Waals surface area (Å²) < 4.78 is 77.7. The van der Waals surface area contributed by atoms with Crippen molar-refractivity contribution in [2.45, 2.75) is 43.9 Å². The normalized spacial score (nSPS) is 19.5. The molecule has 12 heteroatoms. The number of likely N-dealkylation sites (tertiary alicyclic amines) is 1. The molecule has 2 aliphatic rings. The first-order valence-corrected chi connectivity index (χ1v) is 13.0. The number of hydrogen-bond acceptors (Lipinski definition) is 5. The first kappa shape index (κ1) is 28.8. The Morgan fingerprint density at radius 1 is 0.868 bits per heavy atom. The van der Waals surface area contributed by atoms with Gasteiger partial charge in [-0.1, -0.05) is 11.6 Å². The van der Waals surface area contributed by atoms with E-state index in [0.29, 0.717) is 57.7 Å². The lowest BCUT2D eigenvalue weighted by Crippen LogP contribution is -2.49. The van der Waals surface area contributed by atoms with Crippen molar-refractivity contribution in [3.05, 3.63) is 58.6 Å². The van der Waals surface area contributed by atoms with Gasteiger partial charge < -0.3 is 15.3 Å². The number of hydrogen-bond donors (Lipinski definition) is 2. The molecule has 0 aliphatic carbocycles. The molecular formula is C26H31ClF6N4O. The SMILES string of the molecule is OC(CCN1CCN(c2ccc(C(F)(F)F)cc2)CC1)N1CCC(Nc2ccc(Cl)c(C(F)(F)F)c2)CC1. The van der Waals surface area contributed by atoms with Crippen molar-refractivity contribution in [3.8, 4) is 0 Å².